The van der Waals surface area contributed by atoms with E-state index in [-0.39, 0.29) is 17.9 Å². The van der Waals surface area contributed by atoms with E-state index in [4.69, 9.17) is 18.9 Å². The Morgan fingerprint density at radius 1 is 1.23 bits per heavy atom. The highest BCUT2D eigenvalue weighted by molar-refractivity contribution is 6.04. The number of methoxy groups -OCH3 is 1. The third-order valence-electron chi connectivity index (χ3n) is 5.15. The standard InChI is InChI=1S/C23H27NO7/c1-12-18(22(27)28-6)13(2)24-19(12)20(26)14(3)30-17(25)11-29-16-9-7-8-15-10-23(4,5)31-21(15)16/h7-9,14,24H,10-11H2,1-6H3. The molecule has 1 aliphatic heterocycles. The SMILES string of the molecule is COC(=O)c1c(C)[nH]c(C(=O)C(C)OC(=O)COc2cccc3c2OC(C)(C)C3)c1C. The molecule has 1 unspecified atom stereocenters. The van der Waals surface area contributed by atoms with Crippen LogP contribution in [-0.4, -0.2) is 48.1 Å². The van der Waals surface area contributed by atoms with Crippen molar-refractivity contribution in [1.29, 1.82) is 0 Å². The average Bonchev–Trinajstić information content (AvgIpc) is 3.19. The van der Waals surface area contributed by atoms with Gasteiger partial charge in [-0.1, -0.05) is 12.1 Å². The molecule has 2 aromatic rings. The molecule has 0 saturated carbocycles. The van der Waals surface area contributed by atoms with Crippen LogP contribution in [0.25, 0.3) is 0 Å². The highest BCUT2D eigenvalue weighted by Crippen LogP contribution is 2.41. The molecule has 0 amide bonds. The molecule has 0 saturated heterocycles. The van der Waals surface area contributed by atoms with Gasteiger partial charge in [0.05, 0.1) is 18.4 Å². The maximum absolute atomic E-state index is 12.8. The number of carbonyl (C=O) groups is 3. The van der Waals surface area contributed by atoms with Crippen LogP contribution in [0.5, 0.6) is 11.5 Å². The molecular weight excluding hydrogens is 402 g/mol. The molecule has 1 N–H and O–H groups in total. The summed E-state index contributed by atoms with van der Waals surface area (Å²) in [6, 6.07) is 5.52. The summed E-state index contributed by atoms with van der Waals surface area (Å²) in [6.07, 6.45) is -0.312. The number of nitrogens with one attached hydrogen (secondary N) is 1. The minimum Gasteiger partial charge on any atom is -0.483 e. The summed E-state index contributed by atoms with van der Waals surface area (Å²) in [5.74, 6) is -0.599. The molecule has 8 nitrogen and oxygen atoms in total. The lowest BCUT2D eigenvalue weighted by Crippen LogP contribution is -2.28. The Labute approximate surface area is 180 Å². The number of aromatic nitrogens is 1. The Morgan fingerprint density at radius 3 is 2.61 bits per heavy atom. The Balaban J connectivity index is 1.63. The number of ketones is 1. The van der Waals surface area contributed by atoms with Crippen LogP contribution < -0.4 is 9.47 Å². The highest BCUT2D eigenvalue weighted by Gasteiger charge is 2.32. The monoisotopic (exact) mass is 429 g/mol. The zero-order valence-corrected chi connectivity index (χ0v) is 18.6. The van der Waals surface area contributed by atoms with Gasteiger partial charge in [-0.15, -0.1) is 0 Å². The number of H-pyrrole nitrogens is 1. The third-order valence-corrected chi connectivity index (χ3v) is 5.15. The molecule has 1 aromatic carbocycles. The predicted molar refractivity (Wildman–Crippen MR) is 112 cm³/mol. The van der Waals surface area contributed by atoms with Crippen molar-refractivity contribution in [2.75, 3.05) is 13.7 Å². The van der Waals surface area contributed by atoms with Crippen LogP contribution in [0.1, 0.15) is 58.4 Å². The first-order valence-electron chi connectivity index (χ1n) is 9.99. The number of para-hydroxylation sites is 1. The largest absolute Gasteiger partial charge is 0.483 e. The van der Waals surface area contributed by atoms with E-state index in [9.17, 15) is 14.4 Å². The van der Waals surface area contributed by atoms with Gasteiger partial charge in [0, 0.05) is 17.7 Å². The average molecular weight is 429 g/mol. The molecule has 1 aliphatic rings. The Kier molecular flexibility index (Phi) is 6.10. The lowest BCUT2D eigenvalue weighted by molar-refractivity contribution is -0.148. The van der Waals surface area contributed by atoms with E-state index in [1.54, 1.807) is 19.9 Å². The lowest BCUT2D eigenvalue weighted by atomic mass is 10.0. The highest BCUT2D eigenvalue weighted by atomic mass is 16.6. The van der Waals surface area contributed by atoms with Crippen LogP contribution in [-0.2, 0) is 20.7 Å². The van der Waals surface area contributed by atoms with Crippen molar-refractivity contribution in [1.82, 2.24) is 4.98 Å². The molecule has 0 spiro atoms. The minimum atomic E-state index is -1.06. The van der Waals surface area contributed by atoms with Crippen molar-refractivity contribution in [3.8, 4) is 11.5 Å². The molecule has 31 heavy (non-hydrogen) atoms. The summed E-state index contributed by atoms with van der Waals surface area (Å²) in [5.41, 5.74) is 2.14. The van der Waals surface area contributed by atoms with Gasteiger partial charge in [0.2, 0.25) is 5.78 Å². The molecule has 166 valence electrons. The Hall–Kier alpha value is -3.29. The van der Waals surface area contributed by atoms with Crippen molar-refractivity contribution in [3.05, 3.63) is 46.3 Å². The molecule has 0 fully saturated rings. The van der Waals surface area contributed by atoms with Gasteiger partial charge < -0.3 is 23.9 Å². The first kappa shape index (κ1) is 22.4. The van der Waals surface area contributed by atoms with Crippen molar-refractivity contribution in [2.24, 2.45) is 0 Å². The summed E-state index contributed by atoms with van der Waals surface area (Å²) in [4.78, 5) is 39.8. The van der Waals surface area contributed by atoms with Crippen LogP contribution in [0.2, 0.25) is 0 Å². The van der Waals surface area contributed by atoms with E-state index in [1.165, 1.54) is 14.0 Å². The molecule has 8 heteroatoms. The van der Waals surface area contributed by atoms with Crippen molar-refractivity contribution in [3.63, 3.8) is 0 Å². The molecular formula is C23H27NO7. The maximum atomic E-state index is 12.8. The van der Waals surface area contributed by atoms with Gasteiger partial charge in [0.15, 0.2) is 24.2 Å². The second-order valence-electron chi connectivity index (χ2n) is 8.18. The first-order valence-corrected chi connectivity index (χ1v) is 9.99. The van der Waals surface area contributed by atoms with Gasteiger partial charge in [-0.3, -0.25) is 4.79 Å². The lowest BCUT2D eigenvalue weighted by Gasteiger charge is -2.18. The Bertz CT molecular complexity index is 1030. The number of Topliss-reactive ketones (excluding diaryl/α,β-unsaturated/α-hetero) is 1. The van der Waals surface area contributed by atoms with Gasteiger partial charge in [-0.2, -0.15) is 0 Å². The number of aryl methyl sites for hydroxylation is 1. The number of hydrogen-bond acceptors (Lipinski definition) is 7. The predicted octanol–water partition coefficient (Wildman–Crippen LogP) is 3.33. The zero-order valence-electron chi connectivity index (χ0n) is 18.6. The number of hydrogen-bond donors (Lipinski definition) is 1. The van der Waals surface area contributed by atoms with Gasteiger partial charge in [-0.05, 0) is 46.2 Å². The molecule has 2 heterocycles. The van der Waals surface area contributed by atoms with Crippen molar-refractivity contribution >= 4 is 17.7 Å². The van der Waals surface area contributed by atoms with Gasteiger partial charge in [0.25, 0.3) is 0 Å². The first-order chi connectivity index (χ1) is 14.5. The van der Waals surface area contributed by atoms with E-state index in [0.717, 1.165) is 12.0 Å². The minimum absolute atomic E-state index is 0.204. The van der Waals surface area contributed by atoms with E-state index < -0.39 is 23.8 Å². The fraction of sp³-hybridized carbons (Fsp3) is 0.435. The summed E-state index contributed by atoms with van der Waals surface area (Å²) >= 11 is 0. The number of ether oxygens (including phenoxy) is 4. The second kappa shape index (κ2) is 8.45. The van der Waals surface area contributed by atoms with Crippen LogP contribution in [0.3, 0.4) is 0 Å². The number of rotatable bonds is 7. The van der Waals surface area contributed by atoms with Gasteiger partial charge in [-0.25, -0.2) is 9.59 Å². The van der Waals surface area contributed by atoms with Crippen LogP contribution in [0, 0.1) is 13.8 Å². The molecule has 3 rings (SSSR count). The van der Waals surface area contributed by atoms with E-state index in [1.807, 2.05) is 26.0 Å². The number of esters is 2. The molecule has 0 bridgehead atoms. The maximum Gasteiger partial charge on any atom is 0.344 e. The zero-order chi connectivity index (χ0) is 22.9. The smallest absolute Gasteiger partial charge is 0.344 e. The van der Waals surface area contributed by atoms with E-state index in [2.05, 4.69) is 4.98 Å². The Morgan fingerprint density at radius 2 is 1.94 bits per heavy atom. The summed E-state index contributed by atoms with van der Waals surface area (Å²) in [5, 5.41) is 0. The fourth-order valence-electron chi connectivity index (χ4n) is 3.73. The fourth-order valence-corrected chi connectivity index (χ4v) is 3.73. The molecule has 0 aliphatic carbocycles. The van der Waals surface area contributed by atoms with Crippen LogP contribution >= 0.6 is 0 Å². The molecule has 0 radical (unpaired) electrons. The molecule has 1 aromatic heterocycles. The number of benzene rings is 1. The summed E-state index contributed by atoms with van der Waals surface area (Å²) in [7, 11) is 1.27. The van der Waals surface area contributed by atoms with Crippen molar-refractivity contribution < 1.29 is 33.3 Å². The van der Waals surface area contributed by atoms with E-state index >= 15 is 0 Å². The van der Waals surface area contributed by atoms with E-state index in [0.29, 0.717) is 28.3 Å². The normalized spacial score (nSPS) is 14.9. The summed E-state index contributed by atoms with van der Waals surface area (Å²) < 4.78 is 21.5. The third kappa shape index (κ3) is 4.57. The molecule has 1 atom stereocenters. The summed E-state index contributed by atoms with van der Waals surface area (Å²) in [6.45, 7) is 8.37. The van der Waals surface area contributed by atoms with Gasteiger partial charge >= 0.3 is 11.9 Å². The van der Waals surface area contributed by atoms with Gasteiger partial charge in [0.1, 0.15) is 5.60 Å². The topological polar surface area (TPSA) is 104 Å². The number of fused-ring (bicyclic) bond motifs is 1. The second-order valence-corrected chi connectivity index (χ2v) is 8.18. The van der Waals surface area contributed by atoms with Crippen LogP contribution in [0.4, 0.5) is 0 Å². The number of carbonyl (C=O) groups excluding carboxylic acids is 3. The number of aromatic amines is 1. The quantitative estimate of drug-likeness (QED) is 0.532. The van der Waals surface area contributed by atoms with Crippen molar-refractivity contribution in [2.45, 2.75) is 52.7 Å². The van der Waals surface area contributed by atoms with Crippen LogP contribution in [0.15, 0.2) is 18.2 Å².